The van der Waals surface area contributed by atoms with E-state index in [1.54, 1.807) is 13.1 Å². The third kappa shape index (κ3) is 4.80. The first-order valence-electron chi connectivity index (χ1n) is 6.74. The summed E-state index contributed by atoms with van der Waals surface area (Å²) in [4.78, 5) is 1.40. The molecule has 0 radical (unpaired) electrons. The van der Waals surface area contributed by atoms with Gasteiger partial charge in [-0.25, -0.2) is 12.7 Å². The SMILES string of the molecule is CCCNCc1cc(S(=O)(=O)N(C)CC(C)C)c(Br)s1. The molecule has 0 spiro atoms. The summed E-state index contributed by atoms with van der Waals surface area (Å²) < 4.78 is 27.1. The lowest BCUT2D eigenvalue weighted by molar-refractivity contribution is 0.417. The van der Waals surface area contributed by atoms with Gasteiger partial charge >= 0.3 is 0 Å². The third-order valence-electron chi connectivity index (χ3n) is 2.74. The van der Waals surface area contributed by atoms with Gasteiger partial charge in [-0.1, -0.05) is 20.8 Å². The number of nitrogens with one attached hydrogen (secondary N) is 1. The number of hydrogen-bond donors (Lipinski definition) is 1. The molecule has 0 saturated carbocycles. The molecule has 20 heavy (non-hydrogen) atoms. The molecule has 116 valence electrons. The van der Waals surface area contributed by atoms with Gasteiger partial charge in [-0.15, -0.1) is 11.3 Å². The molecule has 0 amide bonds. The van der Waals surface area contributed by atoms with Crippen molar-refractivity contribution < 1.29 is 8.42 Å². The van der Waals surface area contributed by atoms with E-state index >= 15 is 0 Å². The van der Waals surface area contributed by atoms with Gasteiger partial charge in [0, 0.05) is 25.0 Å². The van der Waals surface area contributed by atoms with Crippen LogP contribution in [0.5, 0.6) is 0 Å². The van der Waals surface area contributed by atoms with Gasteiger partial charge in [0.25, 0.3) is 0 Å². The molecule has 0 unspecified atom stereocenters. The van der Waals surface area contributed by atoms with Gasteiger partial charge in [-0.05, 0) is 40.9 Å². The molecule has 7 heteroatoms. The van der Waals surface area contributed by atoms with Gasteiger partial charge in [-0.3, -0.25) is 0 Å². The quantitative estimate of drug-likeness (QED) is 0.701. The van der Waals surface area contributed by atoms with Gasteiger partial charge < -0.3 is 5.32 Å². The van der Waals surface area contributed by atoms with E-state index in [4.69, 9.17) is 0 Å². The smallest absolute Gasteiger partial charge is 0.244 e. The Morgan fingerprint density at radius 2 is 2.10 bits per heavy atom. The molecular weight excluding hydrogens is 360 g/mol. The Kier molecular flexibility index (Phi) is 7.14. The number of thiophene rings is 1. The molecule has 0 aliphatic rings. The second kappa shape index (κ2) is 7.89. The van der Waals surface area contributed by atoms with Crippen LogP contribution < -0.4 is 5.32 Å². The van der Waals surface area contributed by atoms with Crippen LogP contribution in [0.15, 0.2) is 14.7 Å². The fourth-order valence-electron chi connectivity index (χ4n) is 1.83. The van der Waals surface area contributed by atoms with E-state index in [0.29, 0.717) is 27.7 Å². The molecule has 1 aromatic heterocycles. The Bertz CT molecular complexity index is 526. The topological polar surface area (TPSA) is 49.4 Å². The van der Waals surface area contributed by atoms with E-state index in [1.807, 2.05) is 13.8 Å². The molecule has 0 atom stereocenters. The predicted octanol–water partition coefficient (Wildman–Crippen LogP) is 3.29. The maximum Gasteiger partial charge on any atom is 0.244 e. The van der Waals surface area contributed by atoms with Gasteiger partial charge in [0.1, 0.15) is 4.90 Å². The minimum atomic E-state index is -3.41. The Balaban J connectivity index is 2.89. The van der Waals surface area contributed by atoms with Crippen LogP contribution >= 0.6 is 27.3 Å². The van der Waals surface area contributed by atoms with E-state index in [-0.39, 0.29) is 0 Å². The minimum Gasteiger partial charge on any atom is -0.312 e. The number of rotatable bonds is 8. The first-order chi connectivity index (χ1) is 9.28. The average molecular weight is 383 g/mol. The van der Waals surface area contributed by atoms with Crippen molar-refractivity contribution in [3.63, 3.8) is 0 Å². The fraction of sp³-hybridized carbons (Fsp3) is 0.692. The first-order valence-corrected chi connectivity index (χ1v) is 9.79. The van der Waals surface area contributed by atoms with Gasteiger partial charge in [-0.2, -0.15) is 0 Å². The number of hydrogen-bond acceptors (Lipinski definition) is 4. The van der Waals surface area contributed by atoms with Crippen molar-refractivity contribution in [2.24, 2.45) is 5.92 Å². The molecule has 1 rings (SSSR count). The van der Waals surface area contributed by atoms with Crippen molar-refractivity contribution >= 4 is 37.3 Å². The van der Waals surface area contributed by atoms with Gasteiger partial charge in [0.05, 0.1) is 3.79 Å². The second-order valence-corrected chi connectivity index (χ2v) is 9.67. The molecule has 0 saturated heterocycles. The maximum atomic E-state index is 12.5. The summed E-state index contributed by atoms with van der Waals surface area (Å²) in [6.45, 7) is 8.29. The van der Waals surface area contributed by atoms with E-state index in [9.17, 15) is 8.42 Å². The summed E-state index contributed by atoms with van der Waals surface area (Å²) in [5, 5.41) is 3.29. The monoisotopic (exact) mass is 382 g/mol. The van der Waals surface area contributed by atoms with Crippen LogP contribution in [0.3, 0.4) is 0 Å². The highest BCUT2D eigenvalue weighted by Gasteiger charge is 2.26. The van der Waals surface area contributed by atoms with Crippen molar-refractivity contribution in [1.29, 1.82) is 0 Å². The van der Waals surface area contributed by atoms with E-state index in [2.05, 4.69) is 28.2 Å². The number of halogens is 1. The summed E-state index contributed by atoms with van der Waals surface area (Å²) >= 11 is 4.86. The van der Waals surface area contributed by atoms with Crippen LogP contribution in [0, 0.1) is 5.92 Å². The van der Waals surface area contributed by atoms with Crippen LogP contribution in [-0.2, 0) is 16.6 Å². The molecule has 0 fully saturated rings. The Hall–Kier alpha value is 0.0500. The van der Waals surface area contributed by atoms with Crippen molar-refractivity contribution in [1.82, 2.24) is 9.62 Å². The molecule has 1 N–H and O–H groups in total. The van der Waals surface area contributed by atoms with Crippen LogP contribution in [0.25, 0.3) is 0 Å². The lowest BCUT2D eigenvalue weighted by Crippen LogP contribution is -2.30. The molecule has 1 heterocycles. The van der Waals surface area contributed by atoms with Crippen molar-refractivity contribution in [3.8, 4) is 0 Å². The Morgan fingerprint density at radius 1 is 1.45 bits per heavy atom. The minimum absolute atomic E-state index is 0.304. The maximum absolute atomic E-state index is 12.5. The molecule has 0 aliphatic heterocycles. The predicted molar refractivity (Wildman–Crippen MR) is 88.7 cm³/mol. The van der Waals surface area contributed by atoms with Crippen LogP contribution in [0.2, 0.25) is 0 Å². The van der Waals surface area contributed by atoms with Crippen LogP contribution in [0.4, 0.5) is 0 Å². The largest absolute Gasteiger partial charge is 0.312 e. The number of sulfonamides is 1. The van der Waals surface area contributed by atoms with E-state index < -0.39 is 10.0 Å². The molecule has 0 aliphatic carbocycles. The van der Waals surface area contributed by atoms with Crippen LogP contribution in [-0.4, -0.2) is 32.9 Å². The van der Waals surface area contributed by atoms with Crippen LogP contribution in [0.1, 0.15) is 32.1 Å². The summed E-state index contributed by atoms with van der Waals surface area (Å²) in [5.74, 6) is 0.304. The third-order valence-corrected chi connectivity index (χ3v) is 6.82. The van der Waals surface area contributed by atoms with Gasteiger partial charge in [0.15, 0.2) is 0 Å². The van der Waals surface area contributed by atoms with Crippen molar-refractivity contribution in [3.05, 3.63) is 14.7 Å². The molecule has 0 bridgehead atoms. The fourth-order valence-corrected chi connectivity index (χ4v) is 5.76. The molecule has 4 nitrogen and oxygen atoms in total. The standard InChI is InChI=1S/C13H23BrN2O2S2/c1-5-6-15-8-11-7-12(13(14)19-11)20(17,18)16(4)9-10(2)3/h7,10,15H,5-6,8-9H2,1-4H3. The summed E-state index contributed by atoms with van der Waals surface area (Å²) in [6, 6.07) is 1.77. The highest BCUT2D eigenvalue weighted by atomic mass is 79.9. The van der Waals surface area contributed by atoms with E-state index in [0.717, 1.165) is 17.8 Å². The molecule has 1 aromatic rings. The zero-order valence-electron chi connectivity index (χ0n) is 12.4. The zero-order valence-corrected chi connectivity index (χ0v) is 15.7. The normalized spacial score (nSPS) is 12.6. The summed E-state index contributed by atoms with van der Waals surface area (Å²) in [7, 11) is -1.77. The highest BCUT2D eigenvalue weighted by Crippen LogP contribution is 2.33. The lowest BCUT2D eigenvalue weighted by Gasteiger charge is -2.18. The average Bonchev–Trinajstić information content (AvgIpc) is 2.70. The Labute approximate surface area is 134 Å². The van der Waals surface area contributed by atoms with Gasteiger partial charge in [0.2, 0.25) is 10.0 Å². The molecule has 0 aromatic carbocycles. The van der Waals surface area contributed by atoms with Crippen molar-refractivity contribution in [2.75, 3.05) is 20.1 Å². The van der Waals surface area contributed by atoms with Crippen molar-refractivity contribution in [2.45, 2.75) is 38.6 Å². The lowest BCUT2D eigenvalue weighted by atomic mass is 10.2. The second-order valence-electron chi connectivity index (χ2n) is 5.21. The summed E-state index contributed by atoms with van der Waals surface area (Å²) in [5.41, 5.74) is 0. The highest BCUT2D eigenvalue weighted by molar-refractivity contribution is 9.11. The van der Waals surface area contributed by atoms with E-state index in [1.165, 1.54) is 15.6 Å². The number of nitrogens with zero attached hydrogens (tertiary/aromatic N) is 1. The molecular formula is C13H23BrN2O2S2. The summed E-state index contributed by atoms with van der Waals surface area (Å²) in [6.07, 6.45) is 1.06. The zero-order chi connectivity index (χ0) is 15.3. The first kappa shape index (κ1) is 18.1. The Morgan fingerprint density at radius 3 is 2.65 bits per heavy atom.